The van der Waals surface area contributed by atoms with Gasteiger partial charge in [0.05, 0.1) is 0 Å². The number of aromatic nitrogens is 1. The lowest BCUT2D eigenvalue weighted by molar-refractivity contribution is 0.886. The molecule has 0 N–H and O–H groups in total. The van der Waals surface area contributed by atoms with Gasteiger partial charge in [0.15, 0.2) is 5.69 Å². The molecule has 0 aliphatic carbocycles. The van der Waals surface area contributed by atoms with Gasteiger partial charge in [-0.2, -0.15) is 5.26 Å². The Morgan fingerprint density at radius 3 is 2.12 bits per heavy atom. The molecule has 0 aliphatic rings. The second kappa shape index (κ2) is 6.66. The van der Waals surface area contributed by atoms with Crippen molar-refractivity contribution in [2.45, 2.75) is 51.9 Å². The average Bonchev–Trinajstić information content (AvgIpc) is 2.37. The summed E-state index contributed by atoms with van der Waals surface area (Å²) in [5.74, 6) is 0.984. The molecule has 3 heteroatoms. The van der Waals surface area contributed by atoms with E-state index >= 15 is 0 Å². The zero-order valence-electron chi connectivity index (χ0n) is 11.1. The van der Waals surface area contributed by atoms with Crippen LogP contribution < -0.4 is 0 Å². The van der Waals surface area contributed by atoms with Crippen LogP contribution in [0, 0.1) is 11.3 Å². The van der Waals surface area contributed by atoms with Gasteiger partial charge >= 0.3 is 0 Å². The highest BCUT2D eigenvalue weighted by Crippen LogP contribution is 2.30. The Labute approximate surface area is 108 Å². The molecule has 0 radical (unpaired) electrons. The Hall–Kier alpha value is -1.01. The van der Waals surface area contributed by atoms with Crippen LogP contribution in [0.3, 0.4) is 0 Å². The molecule has 0 fully saturated rings. The summed E-state index contributed by atoms with van der Waals surface area (Å²) < 4.78 is 0. The van der Waals surface area contributed by atoms with Gasteiger partial charge in [0.2, 0.25) is 0 Å². The van der Waals surface area contributed by atoms with Crippen LogP contribution in [0.1, 0.15) is 50.2 Å². The number of nitriles is 1. The molecule has 0 bridgehead atoms. The number of nitrogens with zero attached hydrogens (tertiary/aromatic N) is 2. The second-order valence-corrected chi connectivity index (χ2v) is 5.07. The monoisotopic (exact) mass is 248 g/mol. The summed E-state index contributed by atoms with van der Waals surface area (Å²) in [6.45, 7) is 8.55. The van der Waals surface area contributed by atoms with Crippen LogP contribution in [0.25, 0.3) is 0 Å². The fourth-order valence-electron chi connectivity index (χ4n) is 2.17. The topological polar surface area (TPSA) is 36.7 Å². The van der Waals surface area contributed by atoms with Crippen molar-refractivity contribution >= 4 is 11.8 Å². The summed E-state index contributed by atoms with van der Waals surface area (Å²) in [7, 11) is 0. The third-order valence-electron chi connectivity index (χ3n) is 2.89. The van der Waals surface area contributed by atoms with E-state index in [0.29, 0.717) is 5.69 Å². The quantitative estimate of drug-likeness (QED) is 0.745. The minimum absolute atomic E-state index is 0.614. The standard InChI is InChI=1S/C14H20N2S/c1-5-10-11(6-2)14(17-8-4)13(9-15)16-12(10)7-3/h5-8H2,1-4H3. The van der Waals surface area contributed by atoms with Gasteiger partial charge in [0.1, 0.15) is 6.07 Å². The highest BCUT2D eigenvalue weighted by molar-refractivity contribution is 7.99. The first kappa shape index (κ1) is 14.1. The molecule has 0 amide bonds. The van der Waals surface area contributed by atoms with Crippen molar-refractivity contribution in [1.29, 1.82) is 5.26 Å². The summed E-state index contributed by atoms with van der Waals surface area (Å²) in [6, 6.07) is 2.25. The van der Waals surface area contributed by atoms with E-state index in [1.54, 1.807) is 11.8 Å². The normalized spacial score (nSPS) is 10.3. The first-order chi connectivity index (χ1) is 8.23. The first-order valence-electron chi connectivity index (χ1n) is 6.30. The molecule has 0 saturated carbocycles. The SMILES string of the molecule is CCSc1c(C#N)nc(CC)c(CC)c1CC. The zero-order chi connectivity index (χ0) is 12.8. The molecular formula is C14H20N2S. The molecule has 0 saturated heterocycles. The maximum Gasteiger partial charge on any atom is 0.154 e. The highest BCUT2D eigenvalue weighted by atomic mass is 32.2. The van der Waals surface area contributed by atoms with E-state index in [2.05, 4.69) is 38.7 Å². The molecule has 2 nitrogen and oxygen atoms in total. The molecule has 1 rings (SSSR count). The molecule has 1 aromatic rings. The van der Waals surface area contributed by atoms with Gasteiger partial charge in [0, 0.05) is 10.6 Å². The predicted molar refractivity (Wildman–Crippen MR) is 73.5 cm³/mol. The van der Waals surface area contributed by atoms with Crippen molar-refractivity contribution in [2.75, 3.05) is 5.75 Å². The Bertz CT molecular complexity index is 433. The van der Waals surface area contributed by atoms with Crippen LogP contribution in [0.2, 0.25) is 0 Å². The molecule has 0 aliphatic heterocycles. The van der Waals surface area contributed by atoms with Crippen LogP contribution in [-0.4, -0.2) is 10.7 Å². The van der Waals surface area contributed by atoms with Gasteiger partial charge in [-0.05, 0) is 36.1 Å². The lowest BCUT2D eigenvalue weighted by Gasteiger charge is -2.16. The third-order valence-corrected chi connectivity index (χ3v) is 3.90. The van der Waals surface area contributed by atoms with Crippen LogP contribution in [0.15, 0.2) is 4.90 Å². The summed E-state index contributed by atoms with van der Waals surface area (Å²) in [5, 5.41) is 9.22. The van der Waals surface area contributed by atoms with E-state index < -0.39 is 0 Å². The third kappa shape index (κ3) is 2.81. The highest BCUT2D eigenvalue weighted by Gasteiger charge is 2.16. The van der Waals surface area contributed by atoms with E-state index in [4.69, 9.17) is 0 Å². The minimum atomic E-state index is 0.614. The molecular weight excluding hydrogens is 228 g/mol. The molecule has 1 aromatic heterocycles. The number of rotatable bonds is 5. The van der Waals surface area contributed by atoms with Gasteiger partial charge in [-0.25, -0.2) is 4.98 Å². The predicted octanol–water partition coefficient (Wildman–Crippen LogP) is 3.75. The second-order valence-electron chi connectivity index (χ2n) is 3.80. The molecule has 1 heterocycles. The van der Waals surface area contributed by atoms with Crippen molar-refractivity contribution in [3.05, 3.63) is 22.5 Å². The molecule has 92 valence electrons. The fraction of sp³-hybridized carbons (Fsp3) is 0.571. The van der Waals surface area contributed by atoms with E-state index in [1.807, 2.05) is 0 Å². The molecule has 0 atom stereocenters. The van der Waals surface area contributed by atoms with Crippen molar-refractivity contribution in [3.63, 3.8) is 0 Å². The lowest BCUT2D eigenvalue weighted by Crippen LogP contribution is -2.06. The molecule has 0 unspecified atom stereocenters. The molecule has 0 aromatic carbocycles. The maximum absolute atomic E-state index is 9.22. The van der Waals surface area contributed by atoms with E-state index in [9.17, 15) is 5.26 Å². The van der Waals surface area contributed by atoms with Crippen molar-refractivity contribution in [2.24, 2.45) is 0 Å². The summed E-state index contributed by atoms with van der Waals surface area (Å²) in [4.78, 5) is 5.63. The van der Waals surface area contributed by atoms with Crippen LogP contribution in [0.5, 0.6) is 0 Å². The fourth-order valence-corrected chi connectivity index (χ4v) is 3.13. The van der Waals surface area contributed by atoms with E-state index in [1.165, 1.54) is 11.1 Å². The largest absolute Gasteiger partial charge is 0.241 e. The molecule has 0 spiro atoms. The lowest BCUT2D eigenvalue weighted by atomic mass is 9.99. The van der Waals surface area contributed by atoms with Crippen LogP contribution in [0.4, 0.5) is 0 Å². The van der Waals surface area contributed by atoms with E-state index in [-0.39, 0.29) is 0 Å². The number of hydrogen-bond acceptors (Lipinski definition) is 3. The van der Waals surface area contributed by atoms with Crippen molar-refractivity contribution in [3.8, 4) is 6.07 Å². The van der Waals surface area contributed by atoms with Gasteiger partial charge in [-0.3, -0.25) is 0 Å². The zero-order valence-corrected chi connectivity index (χ0v) is 11.9. The average molecular weight is 248 g/mol. The Balaban J connectivity index is 3.51. The van der Waals surface area contributed by atoms with Crippen molar-refractivity contribution in [1.82, 2.24) is 4.98 Å². The number of pyridine rings is 1. The maximum atomic E-state index is 9.22. The van der Waals surface area contributed by atoms with Gasteiger partial charge in [0.25, 0.3) is 0 Å². The summed E-state index contributed by atoms with van der Waals surface area (Å²) in [5.41, 5.74) is 4.40. The minimum Gasteiger partial charge on any atom is -0.241 e. The van der Waals surface area contributed by atoms with Gasteiger partial charge in [-0.15, -0.1) is 11.8 Å². The van der Waals surface area contributed by atoms with Gasteiger partial charge < -0.3 is 0 Å². The number of thioether (sulfide) groups is 1. The number of aryl methyl sites for hydroxylation is 1. The summed E-state index contributed by atoms with van der Waals surface area (Å²) >= 11 is 1.74. The van der Waals surface area contributed by atoms with Crippen LogP contribution >= 0.6 is 11.8 Å². The Morgan fingerprint density at radius 2 is 1.71 bits per heavy atom. The van der Waals surface area contributed by atoms with E-state index in [0.717, 1.165) is 35.6 Å². The number of hydrogen-bond donors (Lipinski definition) is 0. The Morgan fingerprint density at radius 1 is 1.06 bits per heavy atom. The first-order valence-corrected chi connectivity index (χ1v) is 7.29. The summed E-state index contributed by atoms with van der Waals surface area (Å²) in [6.07, 6.45) is 2.89. The van der Waals surface area contributed by atoms with Gasteiger partial charge in [-0.1, -0.05) is 27.7 Å². The van der Waals surface area contributed by atoms with Crippen molar-refractivity contribution < 1.29 is 0 Å². The Kier molecular flexibility index (Phi) is 5.50. The van der Waals surface area contributed by atoms with Crippen LogP contribution in [-0.2, 0) is 19.3 Å². The molecule has 17 heavy (non-hydrogen) atoms. The smallest absolute Gasteiger partial charge is 0.154 e.